The fraction of sp³-hybridized carbons (Fsp3) is 0.500. The first kappa shape index (κ1) is 11.1. The van der Waals surface area contributed by atoms with Crippen molar-refractivity contribution in [3.05, 3.63) is 29.6 Å². The molecule has 0 N–H and O–H groups in total. The molecule has 0 aliphatic carbocycles. The van der Waals surface area contributed by atoms with Gasteiger partial charge in [-0.3, -0.25) is 9.78 Å². The second-order valence-corrected chi connectivity index (χ2v) is 4.00. The first-order chi connectivity index (χ1) is 7.72. The van der Waals surface area contributed by atoms with E-state index in [0.29, 0.717) is 6.54 Å². The molecule has 16 heavy (non-hydrogen) atoms. The molecular weight excluding hydrogens is 204 g/mol. The van der Waals surface area contributed by atoms with Gasteiger partial charge in [-0.1, -0.05) is 6.07 Å². The Hall–Kier alpha value is -1.42. The van der Waals surface area contributed by atoms with Crippen LogP contribution in [0.2, 0.25) is 0 Å². The molecule has 2 rings (SSSR count). The van der Waals surface area contributed by atoms with E-state index in [2.05, 4.69) is 4.98 Å². The molecule has 1 aromatic rings. The molecule has 1 atom stereocenters. The van der Waals surface area contributed by atoms with Gasteiger partial charge < -0.3 is 9.64 Å². The Labute approximate surface area is 95.2 Å². The van der Waals surface area contributed by atoms with Gasteiger partial charge in [-0.2, -0.15) is 0 Å². The van der Waals surface area contributed by atoms with Crippen molar-refractivity contribution in [2.45, 2.75) is 26.0 Å². The minimum absolute atomic E-state index is 0.0528. The Morgan fingerprint density at radius 2 is 2.44 bits per heavy atom. The smallest absolute Gasteiger partial charge is 0.251 e. The van der Waals surface area contributed by atoms with E-state index < -0.39 is 0 Å². The predicted octanol–water partition coefficient (Wildman–Crippen LogP) is 1.00. The predicted molar refractivity (Wildman–Crippen MR) is 59.8 cm³/mol. The standard InChI is InChI=1S/C12H16N2O2/c1-9(16-2)12(15)14-7-5-11-10(8-14)4-3-6-13-11/h3-4,6,9H,5,7-8H2,1-2H3. The second kappa shape index (κ2) is 4.61. The van der Waals surface area contributed by atoms with Crippen molar-refractivity contribution in [2.24, 2.45) is 0 Å². The van der Waals surface area contributed by atoms with Crippen molar-refractivity contribution in [1.82, 2.24) is 9.88 Å². The topological polar surface area (TPSA) is 42.4 Å². The van der Waals surface area contributed by atoms with Crippen molar-refractivity contribution in [3.8, 4) is 0 Å². The molecule has 0 saturated carbocycles. The van der Waals surface area contributed by atoms with Crippen molar-refractivity contribution in [3.63, 3.8) is 0 Å². The zero-order valence-corrected chi connectivity index (χ0v) is 9.64. The van der Waals surface area contributed by atoms with Gasteiger partial charge in [0, 0.05) is 38.5 Å². The monoisotopic (exact) mass is 220 g/mol. The number of hydrogen-bond acceptors (Lipinski definition) is 3. The zero-order chi connectivity index (χ0) is 11.5. The van der Waals surface area contributed by atoms with Gasteiger partial charge in [-0.05, 0) is 18.6 Å². The van der Waals surface area contributed by atoms with Crippen molar-refractivity contribution in [1.29, 1.82) is 0 Å². The average molecular weight is 220 g/mol. The lowest BCUT2D eigenvalue weighted by Crippen LogP contribution is -2.41. The van der Waals surface area contributed by atoms with E-state index in [-0.39, 0.29) is 12.0 Å². The van der Waals surface area contributed by atoms with E-state index in [9.17, 15) is 4.79 Å². The Morgan fingerprint density at radius 1 is 1.62 bits per heavy atom. The van der Waals surface area contributed by atoms with Crippen LogP contribution in [0.15, 0.2) is 18.3 Å². The molecular formula is C12H16N2O2. The molecule has 1 aliphatic rings. The van der Waals surface area contributed by atoms with E-state index in [1.165, 1.54) is 0 Å². The molecule has 4 nitrogen and oxygen atoms in total. The van der Waals surface area contributed by atoms with Gasteiger partial charge >= 0.3 is 0 Å². The fourth-order valence-corrected chi connectivity index (χ4v) is 1.91. The van der Waals surface area contributed by atoms with Crippen LogP contribution in [0.5, 0.6) is 0 Å². The summed E-state index contributed by atoms with van der Waals surface area (Å²) in [4.78, 5) is 18.1. The number of aromatic nitrogens is 1. The highest BCUT2D eigenvalue weighted by atomic mass is 16.5. The fourth-order valence-electron chi connectivity index (χ4n) is 1.91. The zero-order valence-electron chi connectivity index (χ0n) is 9.64. The summed E-state index contributed by atoms with van der Waals surface area (Å²) in [5.74, 6) is 0.0528. The maximum atomic E-state index is 11.9. The van der Waals surface area contributed by atoms with Crippen LogP contribution < -0.4 is 0 Å². The third-order valence-corrected chi connectivity index (χ3v) is 2.98. The number of rotatable bonds is 2. The number of ether oxygens (including phenoxy) is 1. The SMILES string of the molecule is COC(C)C(=O)N1CCc2ncccc2C1. The summed E-state index contributed by atoms with van der Waals surface area (Å²) < 4.78 is 5.05. The number of amides is 1. The van der Waals surface area contributed by atoms with Gasteiger partial charge in [-0.15, -0.1) is 0 Å². The Morgan fingerprint density at radius 3 is 3.19 bits per heavy atom. The van der Waals surface area contributed by atoms with Crippen molar-refractivity contribution in [2.75, 3.05) is 13.7 Å². The quantitative estimate of drug-likeness (QED) is 0.746. The molecule has 4 heteroatoms. The number of pyridine rings is 1. The van der Waals surface area contributed by atoms with Gasteiger partial charge in [0.2, 0.25) is 0 Å². The number of nitrogens with zero attached hydrogens (tertiary/aromatic N) is 2. The van der Waals surface area contributed by atoms with Crippen LogP contribution >= 0.6 is 0 Å². The highest BCUT2D eigenvalue weighted by molar-refractivity contribution is 5.80. The molecule has 1 amide bonds. The molecule has 2 heterocycles. The first-order valence-corrected chi connectivity index (χ1v) is 5.46. The Balaban J connectivity index is 2.11. The van der Waals surface area contributed by atoms with Crippen LogP contribution in [-0.2, 0) is 22.5 Å². The number of carbonyl (C=O) groups excluding carboxylic acids is 1. The molecule has 1 unspecified atom stereocenters. The number of carbonyl (C=O) groups is 1. The third-order valence-electron chi connectivity index (χ3n) is 2.98. The highest BCUT2D eigenvalue weighted by Crippen LogP contribution is 2.17. The summed E-state index contributed by atoms with van der Waals surface area (Å²) in [6.45, 7) is 3.16. The highest BCUT2D eigenvalue weighted by Gasteiger charge is 2.24. The van der Waals surface area contributed by atoms with Crippen molar-refractivity contribution >= 4 is 5.91 Å². The van der Waals surface area contributed by atoms with E-state index >= 15 is 0 Å². The molecule has 0 saturated heterocycles. The van der Waals surface area contributed by atoms with E-state index in [4.69, 9.17) is 4.74 Å². The third kappa shape index (κ3) is 2.07. The van der Waals surface area contributed by atoms with Crippen LogP contribution in [0.4, 0.5) is 0 Å². The minimum atomic E-state index is -0.363. The van der Waals surface area contributed by atoms with Crippen LogP contribution in [-0.4, -0.2) is 35.5 Å². The first-order valence-electron chi connectivity index (χ1n) is 5.46. The van der Waals surface area contributed by atoms with Gasteiger partial charge in [0.25, 0.3) is 5.91 Å². The molecule has 0 spiro atoms. The molecule has 0 radical (unpaired) electrons. The van der Waals surface area contributed by atoms with Crippen LogP contribution in [0, 0.1) is 0 Å². The van der Waals surface area contributed by atoms with E-state index in [1.807, 2.05) is 17.0 Å². The number of hydrogen-bond donors (Lipinski definition) is 0. The van der Waals surface area contributed by atoms with Crippen LogP contribution in [0.25, 0.3) is 0 Å². The maximum Gasteiger partial charge on any atom is 0.251 e. The lowest BCUT2D eigenvalue weighted by atomic mass is 10.1. The summed E-state index contributed by atoms with van der Waals surface area (Å²) in [5, 5.41) is 0. The molecule has 0 aromatic carbocycles. The summed E-state index contributed by atoms with van der Waals surface area (Å²) >= 11 is 0. The van der Waals surface area contributed by atoms with Crippen LogP contribution in [0.3, 0.4) is 0 Å². The summed E-state index contributed by atoms with van der Waals surface area (Å²) in [6.07, 6.45) is 2.27. The van der Waals surface area contributed by atoms with E-state index in [0.717, 1.165) is 24.2 Å². The number of methoxy groups -OCH3 is 1. The number of fused-ring (bicyclic) bond motifs is 1. The maximum absolute atomic E-state index is 11.9. The molecule has 1 aliphatic heterocycles. The summed E-state index contributed by atoms with van der Waals surface area (Å²) in [5.41, 5.74) is 2.25. The van der Waals surface area contributed by atoms with E-state index in [1.54, 1.807) is 20.2 Å². The summed E-state index contributed by atoms with van der Waals surface area (Å²) in [7, 11) is 1.56. The largest absolute Gasteiger partial charge is 0.372 e. The minimum Gasteiger partial charge on any atom is -0.372 e. The molecule has 86 valence electrons. The lowest BCUT2D eigenvalue weighted by Gasteiger charge is -2.29. The normalized spacial score (nSPS) is 16.8. The Kier molecular flexibility index (Phi) is 3.19. The average Bonchev–Trinajstić information content (AvgIpc) is 2.36. The molecule has 1 aromatic heterocycles. The van der Waals surface area contributed by atoms with Gasteiger partial charge in [0.15, 0.2) is 0 Å². The molecule has 0 bridgehead atoms. The van der Waals surface area contributed by atoms with Crippen molar-refractivity contribution < 1.29 is 9.53 Å². The lowest BCUT2D eigenvalue weighted by molar-refractivity contribution is -0.141. The summed E-state index contributed by atoms with van der Waals surface area (Å²) in [6, 6.07) is 3.94. The van der Waals surface area contributed by atoms with Gasteiger partial charge in [0.1, 0.15) is 6.10 Å². The van der Waals surface area contributed by atoms with Gasteiger partial charge in [0.05, 0.1) is 0 Å². The van der Waals surface area contributed by atoms with Gasteiger partial charge in [-0.25, -0.2) is 0 Å². The Bertz CT molecular complexity index is 392. The molecule has 0 fully saturated rings. The second-order valence-electron chi connectivity index (χ2n) is 4.00. The van der Waals surface area contributed by atoms with Crippen LogP contribution in [0.1, 0.15) is 18.2 Å².